The highest BCUT2D eigenvalue weighted by molar-refractivity contribution is 7.90. The van der Waals surface area contributed by atoms with Crippen LogP contribution in [0.3, 0.4) is 0 Å². The summed E-state index contributed by atoms with van der Waals surface area (Å²) >= 11 is 0. The lowest BCUT2D eigenvalue weighted by Gasteiger charge is -2.20. The Hall–Kier alpha value is -1.89. The molecule has 1 saturated heterocycles. The van der Waals surface area contributed by atoms with Crippen LogP contribution in [0.4, 0.5) is 0 Å². The summed E-state index contributed by atoms with van der Waals surface area (Å²) in [6.07, 6.45) is 5.51. The van der Waals surface area contributed by atoms with E-state index in [0.29, 0.717) is 31.5 Å². The Kier molecular flexibility index (Phi) is 6.58. The zero-order chi connectivity index (χ0) is 18.4. The molecular formula is C18H26N2O4S. The molecule has 7 heteroatoms. The fourth-order valence-electron chi connectivity index (χ4n) is 2.92. The molecule has 1 fully saturated rings. The van der Waals surface area contributed by atoms with Gasteiger partial charge in [0.25, 0.3) is 5.91 Å². The summed E-state index contributed by atoms with van der Waals surface area (Å²) in [7, 11) is -3.35. The number of likely N-dealkylation sites (tertiary alicyclic amines) is 1. The molecule has 1 aromatic rings. The summed E-state index contributed by atoms with van der Waals surface area (Å²) < 4.78 is 23.3. The molecule has 2 amide bonds. The second-order valence-electron chi connectivity index (χ2n) is 6.55. The Morgan fingerprint density at radius 3 is 2.72 bits per heavy atom. The molecule has 1 aromatic carbocycles. The van der Waals surface area contributed by atoms with E-state index in [1.54, 1.807) is 13.0 Å². The monoisotopic (exact) mass is 366 g/mol. The summed E-state index contributed by atoms with van der Waals surface area (Å²) in [4.78, 5) is 26.3. The molecule has 2 rings (SSSR count). The minimum atomic E-state index is -3.35. The highest BCUT2D eigenvalue weighted by Gasteiger charge is 2.17. The van der Waals surface area contributed by atoms with Gasteiger partial charge in [0.15, 0.2) is 9.84 Å². The Bertz CT molecular complexity index is 743. The maximum Gasteiger partial charge on any atom is 0.251 e. The van der Waals surface area contributed by atoms with Crippen LogP contribution in [-0.4, -0.2) is 51.0 Å². The van der Waals surface area contributed by atoms with E-state index < -0.39 is 9.84 Å². The summed E-state index contributed by atoms with van der Waals surface area (Å²) in [5, 5.41) is 2.82. The van der Waals surface area contributed by atoms with Crippen molar-refractivity contribution in [3.05, 3.63) is 29.3 Å². The fourth-order valence-corrected chi connectivity index (χ4v) is 3.57. The lowest BCUT2D eigenvalue weighted by molar-refractivity contribution is -0.130. The van der Waals surface area contributed by atoms with Crippen LogP contribution in [0.1, 0.15) is 48.0 Å². The van der Waals surface area contributed by atoms with E-state index in [1.165, 1.54) is 12.1 Å². The van der Waals surface area contributed by atoms with Crippen molar-refractivity contribution in [1.29, 1.82) is 0 Å². The average Bonchev–Trinajstić information content (AvgIpc) is 2.75. The number of hydrogen-bond donors (Lipinski definition) is 1. The quantitative estimate of drug-likeness (QED) is 0.780. The second kappa shape index (κ2) is 8.47. The number of amides is 2. The van der Waals surface area contributed by atoms with Gasteiger partial charge in [-0.05, 0) is 43.9 Å². The van der Waals surface area contributed by atoms with Crippen molar-refractivity contribution in [3.63, 3.8) is 0 Å². The van der Waals surface area contributed by atoms with Crippen LogP contribution in [0.2, 0.25) is 0 Å². The number of sulfone groups is 1. The van der Waals surface area contributed by atoms with Gasteiger partial charge in [0.2, 0.25) is 5.91 Å². The van der Waals surface area contributed by atoms with Crippen LogP contribution in [0.15, 0.2) is 23.1 Å². The van der Waals surface area contributed by atoms with E-state index in [9.17, 15) is 18.0 Å². The van der Waals surface area contributed by atoms with Crippen molar-refractivity contribution < 1.29 is 18.0 Å². The maximum atomic E-state index is 12.3. The standard InChI is InChI=1S/C18H26N2O4S/c1-14-8-9-15(25(2,23)24)13-16(14)18(22)19-10-6-12-20-11-5-3-4-7-17(20)21/h8-9,13H,3-7,10-12H2,1-2H3,(H,19,22). The molecule has 1 N–H and O–H groups in total. The first-order valence-electron chi connectivity index (χ1n) is 8.66. The fraction of sp³-hybridized carbons (Fsp3) is 0.556. The Morgan fingerprint density at radius 2 is 2.00 bits per heavy atom. The first-order chi connectivity index (χ1) is 11.8. The lowest BCUT2D eigenvalue weighted by Crippen LogP contribution is -2.34. The zero-order valence-corrected chi connectivity index (χ0v) is 15.7. The number of carbonyl (C=O) groups is 2. The maximum absolute atomic E-state index is 12.3. The van der Waals surface area contributed by atoms with Gasteiger partial charge in [0, 0.05) is 37.9 Å². The molecule has 1 aliphatic heterocycles. The SMILES string of the molecule is Cc1ccc(S(C)(=O)=O)cc1C(=O)NCCCN1CCCCCC1=O. The number of nitrogens with one attached hydrogen (secondary N) is 1. The molecule has 0 atom stereocenters. The summed E-state index contributed by atoms with van der Waals surface area (Å²) in [6, 6.07) is 4.56. The Labute approximate surface area is 149 Å². The molecule has 0 bridgehead atoms. The third-order valence-corrected chi connectivity index (χ3v) is 5.55. The molecule has 0 spiro atoms. The molecule has 0 aliphatic carbocycles. The van der Waals surface area contributed by atoms with Gasteiger partial charge in [0.05, 0.1) is 4.90 Å². The highest BCUT2D eigenvalue weighted by Crippen LogP contribution is 2.16. The summed E-state index contributed by atoms with van der Waals surface area (Å²) in [5.74, 6) is -0.0919. The number of nitrogens with zero attached hydrogens (tertiary/aromatic N) is 1. The van der Waals surface area contributed by atoms with Gasteiger partial charge in [-0.15, -0.1) is 0 Å². The molecule has 6 nitrogen and oxygen atoms in total. The second-order valence-corrected chi connectivity index (χ2v) is 8.57. The van der Waals surface area contributed by atoms with E-state index in [1.807, 2.05) is 4.90 Å². The number of hydrogen-bond acceptors (Lipinski definition) is 4. The minimum Gasteiger partial charge on any atom is -0.352 e. The van der Waals surface area contributed by atoms with Crippen molar-refractivity contribution in [2.75, 3.05) is 25.9 Å². The van der Waals surface area contributed by atoms with Crippen molar-refractivity contribution >= 4 is 21.7 Å². The van der Waals surface area contributed by atoms with Gasteiger partial charge >= 0.3 is 0 Å². The number of carbonyl (C=O) groups excluding carboxylic acids is 2. The largest absolute Gasteiger partial charge is 0.352 e. The van der Waals surface area contributed by atoms with E-state index in [0.717, 1.165) is 37.6 Å². The number of benzene rings is 1. The van der Waals surface area contributed by atoms with Gasteiger partial charge in [-0.25, -0.2) is 8.42 Å². The average molecular weight is 366 g/mol. The van der Waals surface area contributed by atoms with Crippen LogP contribution < -0.4 is 5.32 Å². The molecule has 1 aliphatic rings. The third kappa shape index (κ3) is 5.56. The van der Waals surface area contributed by atoms with Crippen molar-refractivity contribution in [2.24, 2.45) is 0 Å². The smallest absolute Gasteiger partial charge is 0.251 e. The van der Waals surface area contributed by atoms with Gasteiger partial charge < -0.3 is 10.2 Å². The molecule has 0 radical (unpaired) electrons. The van der Waals surface area contributed by atoms with Crippen molar-refractivity contribution in [2.45, 2.75) is 43.9 Å². The third-order valence-electron chi connectivity index (χ3n) is 4.44. The van der Waals surface area contributed by atoms with E-state index in [2.05, 4.69) is 5.32 Å². The molecule has 138 valence electrons. The summed E-state index contributed by atoms with van der Waals surface area (Å²) in [6.45, 7) is 3.66. The van der Waals surface area contributed by atoms with Crippen LogP contribution in [0.5, 0.6) is 0 Å². The van der Waals surface area contributed by atoms with E-state index >= 15 is 0 Å². The Morgan fingerprint density at radius 1 is 1.24 bits per heavy atom. The number of aryl methyl sites for hydroxylation is 1. The van der Waals surface area contributed by atoms with Gasteiger partial charge in [-0.2, -0.15) is 0 Å². The van der Waals surface area contributed by atoms with Gasteiger partial charge in [-0.1, -0.05) is 12.5 Å². The molecular weight excluding hydrogens is 340 g/mol. The van der Waals surface area contributed by atoms with Crippen molar-refractivity contribution in [3.8, 4) is 0 Å². The number of rotatable bonds is 6. The van der Waals surface area contributed by atoms with Crippen LogP contribution in [-0.2, 0) is 14.6 Å². The lowest BCUT2D eigenvalue weighted by atomic mass is 10.1. The van der Waals surface area contributed by atoms with Gasteiger partial charge in [0.1, 0.15) is 0 Å². The molecule has 0 unspecified atom stereocenters. The summed E-state index contributed by atoms with van der Waals surface area (Å²) in [5.41, 5.74) is 1.10. The molecule has 25 heavy (non-hydrogen) atoms. The Balaban J connectivity index is 1.89. The topological polar surface area (TPSA) is 83.6 Å². The minimum absolute atomic E-state index is 0.137. The molecule has 1 heterocycles. The molecule has 0 aromatic heterocycles. The van der Waals surface area contributed by atoms with E-state index in [-0.39, 0.29) is 16.7 Å². The van der Waals surface area contributed by atoms with E-state index in [4.69, 9.17) is 0 Å². The van der Waals surface area contributed by atoms with Crippen molar-refractivity contribution in [1.82, 2.24) is 10.2 Å². The predicted molar refractivity (Wildman–Crippen MR) is 96.3 cm³/mol. The first-order valence-corrected chi connectivity index (χ1v) is 10.5. The highest BCUT2D eigenvalue weighted by atomic mass is 32.2. The van der Waals surface area contributed by atoms with Crippen LogP contribution in [0.25, 0.3) is 0 Å². The predicted octanol–water partition coefficient (Wildman–Crippen LogP) is 1.92. The molecule has 0 saturated carbocycles. The normalized spacial score (nSPS) is 15.8. The van der Waals surface area contributed by atoms with Gasteiger partial charge in [-0.3, -0.25) is 9.59 Å². The zero-order valence-electron chi connectivity index (χ0n) is 14.9. The van der Waals surface area contributed by atoms with Crippen LogP contribution >= 0.6 is 0 Å². The van der Waals surface area contributed by atoms with Crippen LogP contribution in [0, 0.1) is 6.92 Å². The first kappa shape index (κ1) is 19.4.